The first-order chi connectivity index (χ1) is 13.0. The van der Waals surface area contributed by atoms with E-state index in [4.69, 9.17) is 4.42 Å². The Morgan fingerprint density at radius 1 is 1.25 bits per heavy atom. The molecule has 2 aromatic rings. The van der Waals surface area contributed by atoms with Gasteiger partial charge in [0.25, 0.3) is 5.22 Å². The Labute approximate surface area is 169 Å². The quantitative estimate of drug-likeness (QED) is 0.683. The van der Waals surface area contributed by atoms with Gasteiger partial charge in [-0.15, -0.1) is 10.2 Å². The van der Waals surface area contributed by atoms with Gasteiger partial charge >= 0.3 is 0 Å². The lowest BCUT2D eigenvalue weighted by molar-refractivity contribution is -0.128. The molecule has 0 aliphatic carbocycles. The van der Waals surface area contributed by atoms with Crippen molar-refractivity contribution in [1.29, 1.82) is 0 Å². The van der Waals surface area contributed by atoms with E-state index in [9.17, 15) is 13.2 Å². The van der Waals surface area contributed by atoms with Gasteiger partial charge in [-0.3, -0.25) is 4.79 Å². The van der Waals surface area contributed by atoms with Crippen LogP contribution in [0.4, 0.5) is 0 Å². The van der Waals surface area contributed by atoms with Crippen LogP contribution in [0.25, 0.3) is 11.5 Å². The summed E-state index contributed by atoms with van der Waals surface area (Å²) < 4.78 is 28.8. The minimum atomic E-state index is -3.02. The second kappa shape index (κ2) is 7.87. The third-order valence-corrected chi connectivity index (χ3v) is 7.43. The number of nitrogens with zero attached hydrogens (tertiary/aromatic N) is 3. The third-order valence-electron chi connectivity index (χ3n) is 4.87. The van der Waals surface area contributed by atoms with Gasteiger partial charge in [0.1, 0.15) is 0 Å². The van der Waals surface area contributed by atoms with Gasteiger partial charge in [0.05, 0.1) is 17.3 Å². The van der Waals surface area contributed by atoms with Crippen molar-refractivity contribution in [3.05, 3.63) is 29.8 Å². The molecule has 0 radical (unpaired) electrons. The fraction of sp³-hybridized carbons (Fsp3) is 0.526. The van der Waals surface area contributed by atoms with E-state index in [2.05, 4.69) is 31.0 Å². The van der Waals surface area contributed by atoms with Crippen LogP contribution in [0.2, 0.25) is 0 Å². The van der Waals surface area contributed by atoms with Gasteiger partial charge in [-0.25, -0.2) is 8.42 Å². The highest BCUT2D eigenvalue weighted by atomic mass is 32.2. The molecule has 1 fully saturated rings. The minimum absolute atomic E-state index is 0.0369. The Balaban J connectivity index is 1.58. The zero-order valence-electron chi connectivity index (χ0n) is 16.5. The average Bonchev–Trinajstić information content (AvgIpc) is 3.24. The SMILES string of the molecule is CN(C(=O)CSc1nnc(-c2ccc(C(C)(C)C)cc2)o1)[C@H]1CCS(=O)(=O)C1. The van der Waals surface area contributed by atoms with Crippen molar-refractivity contribution >= 4 is 27.5 Å². The highest BCUT2D eigenvalue weighted by Gasteiger charge is 2.32. The van der Waals surface area contributed by atoms with Crippen molar-refractivity contribution in [3.63, 3.8) is 0 Å². The number of amides is 1. The molecule has 0 saturated carbocycles. The number of carbonyl (C=O) groups excluding carboxylic acids is 1. The maximum Gasteiger partial charge on any atom is 0.277 e. The van der Waals surface area contributed by atoms with Crippen molar-refractivity contribution in [3.8, 4) is 11.5 Å². The largest absolute Gasteiger partial charge is 0.411 e. The van der Waals surface area contributed by atoms with Crippen LogP contribution in [-0.2, 0) is 20.0 Å². The lowest BCUT2D eigenvalue weighted by Gasteiger charge is -2.22. The molecule has 0 unspecified atom stereocenters. The van der Waals surface area contributed by atoms with Gasteiger partial charge < -0.3 is 9.32 Å². The molecule has 152 valence electrons. The summed E-state index contributed by atoms with van der Waals surface area (Å²) in [6.45, 7) is 6.45. The van der Waals surface area contributed by atoms with Crippen LogP contribution >= 0.6 is 11.8 Å². The zero-order valence-corrected chi connectivity index (χ0v) is 18.1. The minimum Gasteiger partial charge on any atom is -0.411 e. The molecule has 3 rings (SSSR count). The molecule has 7 nitrogen and oxygen atoms in total. The lowest BCUT2D eigenvalue weighted by atomic mass is 9.87. The molecule has 0 spiro atoms. The van der Waals surface area contributed by atoms with Gasteiger partial charge in [-0.1, -0.05) is 44.7 Å². The van der Waals surface area contributed by atoms with E-state index in [1.54, 1.807) is 7.05 Å². The molecule has 1 atom stereocenters. The molecule has 1 saturated heterocycles. The van der Waals surface area contributed by atoms with E-state index in [1.165, 1.54) is 10.5 Å². The van der Waals surface area contributed by atoms with Crippen molar-refractivity contribution < 1.29 is 17.6 Å². The molecule has 1 aliphatic heterocycles. The van der Waals surface area contributed by atoms with E-state index in [0.29, 0.717) is 17.5 Å². The molecule has 1 aromatic carbocycles. The van der Waals surface area contributed by atoms with E-state index in [-0.39, 0.29) is 34.6 Å². The third kappa shape index (κ3) is 4.94. The van der Waals surface area contributed by atoms with Gasteiger partial charge in [-0.2, -0.15) is 0 Å². The van der Waals surface area contributed by atoms with Crippen molar-refractivity contribution in [1.82, 2.24) is 15.1 Å². The number of sulfone groups is 1. The van der Waals surface area contributed by atoms with Crippen LogP contribution < -0.4 is 0 Å². The van der Waals surface area contributed by atoms with Gasteiger partial charge in [0.2, 0.25) is 11.8 Å². The Hall–Kier alpha value is -1.87. The van der Waals surface area contributed by atoms with Crippen molar-refractivity contribution in [2.75, 3.05) is 24.3 Å². The highest BCUT2D eigenvalue weighted by Crippen LogP contribution is 2.27. The number of aromatic nitrogens is 2. The summed E-state index contributed by atoms with van der Waals surface area (Å²) in [6, 6.07) is 7.73. The van der Waals surface area contributed by atoms with E-state index >= 15 is 0 Å². The summed E-state index contributed by atoms with van der Waals surface area (Å²) in [5.41, 5.74) is 2.11. The smallest absolute Gasteiger partial charge is 0.277 e. The molecular formula is C19H25N3O4S2. The number of rotatable bonds is 5. The molecular weight excluding hydrogens is 398 g/mol. The molecule has 28 heavy (non-hydrogen) atoms. The highest BCUT2D eigenvalue weighted by molar-refractivity contribution is 7.99. The first kappa shape index (κ1) is 20.9. The zero-order chi connectivity index (χ0) is 20.5. The number of hydrogen-bond donors (Lipinski definition) is 0. The van der Waals surface area contributed by atoms with Crippen LogP contribution in [0.1, 0.15) is 32.8 Å². The molecule has 1 aliphatic rings. The maximum atomic E-state index is 12.3. The predicted octanol–water partition coefficient (Wildman–Crippen LogP) is 2.77. The number of thioether (sulfide) groups is 1. The van der Waals surface area contributed by atoms with Crippen LogP contribution in [0, 0.1) is 0 Å². The predicted molar refractivity (Wildman–Crippen MR) is 109 cm³/mol. The van der Waals surface area contributed by atoms with E-state index in [1.807, 2.05) is 24.3 Å². The standard InChI is InChI=1S/C19H25N3O4S2/c1-19(2,3)14-7-5-13(6-8-14)17-20-21-18(26-17)27-11-16(23)22(4)15-9-10-28(24,25)12-15/h5-8,15H,9-12H2,1-4H3/t15-/m0/s1. The monoisotopic (exact) mass is 423 g/mol. The summed E-state index contributed by atoms with van der Waals surface area (Å²) in [6.07, 6.45) is 0.491. The van der Waals surface area contributed by atoms with E-state index < -0.39 is 9.84 Å². The van der Waals surface area contributed by atoms with Crippen molar-refractivity contribution in [2.24, 2.45) is 0 Å². The van der Waals surface area contributed by atoms with Gasteiger partial charge in [0, 0.05) is 18.7 Å². The summed E-state index contributed by atoms with van der Waals surface area (Å²) >= 11 is 1.16. The van der Waals surface area contributed by atoms with Crippen LogP contribution in [0.3, 0.4) is 0 Å². The summed E-state index contributed by atoms with van der Waals surface area (Å²) in [4.78, 5) is 13.9. The average molecular weight is 424 g/mol. The summed E-state index contributed by atoms with van der Waals surface area (Å²) in [5.74, 6) is 0.558. The molecule has 0 N–H and O–H groups in total. The summed E-state index contributed by atoms with van der Waals surface area (Å²) in [7, 11) is -1.38. The molecule has 9 heteroatoms. The van der Waals surface area contributed by atoms with Crippen LogP contribution in [0.15, 0.2) is 33.9 Å². The van der Waals surface area contributed by atoms with Gasteiger partial charge in [-0.05, 0) is 29.5 Å². The Kier molecular flexibility index (Phi) is 5.86. The van der Waals surface area contributed by atoms with Crippen LogP contribution in [-0.4, -0.2) is 59.8 Å². The molecule has 1 aromatic heterocycles. The molecule has 1 amide bonds. The fourth-order valence-electron chi connectivity index (χ4n) is 3.01. The number of hydrogen-bond acceptors (Lipinski definition) is 7. The lowest BCUT2D eigenvalue weighted by Crippen LogP contribution is -2.38. The fourth-order valence-corrected chi connectivity index (χ4v) is 5.47. The topological polar surface area (TPSA) is 93.4 Å². The first-order valence-electron chi connectivity index (χ1n) is 9.08. The summed E-state index contributed by atoms with van der Waals surface area (Å²) in [5, 5.41) is 8.37. The second-order valence-corrected chi connectivity index (χ2v) is 11.2. The van der Waals surface area contributed by atoms with Crippen LogP contribution in [0.5, 0.6) is 0 Å². The first-order valence-corrected chi connectivity index (χ1v) is 11.9. The number of benzene rings is 1. The maximum absolute atomic E-state index is 12.3. The molecule has 2 heterocycles. The van der Waals surface area contributed by atoms with Crippen molar-refractivity contribution in [2.45, 2.75) is 43.9 Å². The second-order valence-electron chi connectivity index (χ2n) is 8.05. The Bertz CT molecular complexity index is 946. The Morgan fingerprint density at radius 2 is 1.93 bits per heavy atom. The molecule has 0 bridgehead atoms. The van der Waals surface area contributed by atoms with E-state index in [0.717, 1.165) is 17.3 Å². The Morgan fingerprint density at radius 3 is 2.50 bits per heavy atom. The number of carbonyl (C=O) groups is 1. The normalized spacial score (nSPS) is 18.9. The van der Waals surface area contributed by atoms with Gasteiger partial charge in [0.15, 0.2) is 9.84 Å².